The number of carboxylic acids is 1. The fraction of sp³-hybridized carbons (Fsp3) is 0.333. The fourth-order valence-electron chi connectivity index (χ4n) is 6.38. The van der Waals surface area contributed by atoms with Crippen molar-refractivity contribution in [2.75, 3.05) is 33.8 Å². The first kappa shape index (κ1) is 32.4. The van der Waals surface area contributed by atoms with Crippen LogP contribution in [0.3, 0.4) is 0 Å². The number of hydrogen-bond acceptors (Lipinski definition) is 5. The largest absolute Gasteiger partial charge is 0.480 e. The van der Waals surface area contributed by atoms with Gasteiger partial charge in [0.15, 0.2) is 0 Å². The van der Waals surface area contributed by atoms with Gasteiger partial charge in [0.1, 0.15) is 31.1 Å². The number of aliphatic carboxylic acids is 1. The van der Waals surface area contributed by atoms with Gasteiger partial charge in [-0.2, -0.15) is 0 Å². The Kier molecular flexibility index (Phi) is 9.84. The second-order valence-corrected chi connectivity index (χ2v) is 11.8. The van der Waals surface area contributed by atoms with Gasteiger partial charge in [0.05, 0.1) is 0 Å². The molecule has 1 N–H and O–H groups in total. The van der Waals surface area contributed by atoms with E-state index < -0.39 is 48.3 Å². The average molecular weight is 628 g/mol. The number of carbonyl (C=O) groups is 4. The van der Waals surface area contributed by atoms with E-state index in [-0.39, 0.29) is 31.9 Å². The van der Waals surface area contributed by atoms with Crippen molar-refractivity contribution < 1.29 is 33.4 Å². The average Bonchev–Trinajstić information content (AvgIpc) is 3.34. The fourth-order valence-corrected chi connectivity index (χ4v) is 6.38. The zero-order chi connectivity index (χ0) is 33.0. The summed E-state index contributed by atoms with van der Waals surface area (Å²) in [5.74, 6) is -2.79. The van der Waals surface area contributed by atoms with E-state index in [2.05, 4.69) is 12.1 Å². The van der Waals surface area contributed by atoms with Gasteiger partial charge in [-0.3, -0.25) is 19.3 Å². The SMILES string of the molecule is Cc1cc(F)ccc1C[C@@H](C(=O)N(C)CC(=O)O)N1CC/C=C\C[C@H](N(C)C(=O)OCC2c3ccccc3-c3ccccc32)C1=O. The summed E-state index contributed by atoms with van der Waals surface area (Å²) in [5, 5.41) is 9.35. The highest BCUT2D eigenvalue weighted by Crippen LogP contribution is 2.44. The minimum atomic E-state index is -1.19. The van der Waals surface area contributed by atoms with E-state index >= 15 is 0 Å². The maximum atomic E-state index is 14.2. The van der Waals surface area contributed by atoms with E-state index in [9.17, 15) is 28.7 Å². The first-order valence-electron chi connectivity index (χ1n) is 15.3. The Morgan fingerprint density at radius 1 is 1.00 bits per heavy atom. The zero-order valence-electron chi connectivity index (χ0n) is 26.2. The van der Waals surface area contributed by atoms with Crippen LogP contribution in [0.2, 0.25) is 0 Å². The number of rotatable bonds is 9. The van der Waals surface area contributed by atoms with Gasteiger partial charge in [-0.1, -0.05) is 66.7 Å². The molecule has 0 spiro atoms. The summed E-state index contributed by atoms with van der Waals surface area (Å²) >= 11 is 0. The van der Waals surface area contributed by atoms with Crippen LogP contribution >= 0.6 is 0 Å². The number of nitrogens with zero attached hydrogens (tertiary/aromatic N) is 3. The second kappa shape index (κ2) is 14.0. The molecular formula is C36H38FN3O6. The van der Waals surface area contributed by atoms with Gasteiger partial charge < -0.3 is 19.6 Å². The lowest BCUT2D eigenvalue weighted by Crippen LogP contribution is -2.57. The Labute approximate surface area is 267 Å². The molecule has 9 nitrogen and oxygen atoms in total. The number of ether oxygens (including phenoxy) is 1. The highest BCUT2D eigenvalue weighted by molar-refractivity contribution is 5.92. The van der Waals surface area contributed by atoms with E-state index in [1.165, 1.54) is 36.0 Å². The van der Waals surface area contributed by atoms with Gasteiger partial charge in [-0.15, -0.1) is 0 Å². The molecule has 2 aliphatic rings. The predicted octanol–water partition coefficient (Wildman–Crippen LogP) is 5.02. The molecule has 3 amide bonds. The van der Waals surface area contributed by atoms with Crippen molar-refractivity contribution in [2.24, 2.45) is 0 Å². The lowest BCUT2D eigenvalue weighted by atomic mass is 9.97. The molecule has 0 aromatic heterocycles. The summed E-state index contributed by atoms with van der Waals surface area (Å²) in [6, 6.07) is 18.2. The van der Waals surface area contributed by atoms with Crippen LogP contribution in [0, 0.1) is 12.7 Å². The highest BCUT2D eigenvalue weighted by Gasteiger charge is 2.39. The third-order valence-electron chi connectivity index (χ3n) is 8.85. The quantitative estimate of drug-likeness (QED) is 0.334. The second-order valence-electron chi connectivity index (χ2n) is 11.8. The maximum absolute atomic E-state index is 14.2. The monoisotopic (exact) mass is 627 g/mol. The topological polar surface area (TPSA) is 107 Å². The molecule has 0 unspecified atom stereocenters. The number of aryl methyl sites for hydroxylation is 1. The van der Waals surface area contributed by atoms with Crippen molar-refractivity contribution >= 4 is 23.9 Å². The molecule has 0 bridgehead atoms. The molecule has 2 atom stereocenters. The van der Waals surface area contributed by atoms with Gasteiger partial charge in [0.2, 0.25) is 11.8 Å². The summed E-state index contributed by atoms with van der Waals surface area (Å²) in [4.78, 5) is 56.7. The summed E-state index contributed by atoms with van der Waals surface area (Å²) < 4.78 is 19.7. The molecule has 3 aromatic carbocycles. The Hall–Kier alpha value is -4.99. The van der Waals surface area contributed by atoms with Crippen LogP contribution in [0.25, 0.3) is 11.1 Å². The number of hydrogen-bond donors (Lipinski definition) is 1. The number of fused-ring (bicyclic) bond motifs is 3. The molecule has 0 fully saturated rings. The minimum Gasteiger partial charge on any atom is -0.480 e. The third-order valence-corrected chi connectivity index (χ3v) is 8.85. The van der Waals surface area contributed by atoms with Crippen molar-refractivity contribution in [1.29, 1.82) is 0 Å². The van der Waals surface area contributed by atoms with E-state index in [4.69, 9.17) is 4.74 Å². The minimum absolute atomic E-state index is 0.0474. The standard InChI is InChI=1S/C36H38FN3O6/c1-23-19-25(37)17-16-24(23)20-32(34(43)38(2)21-33(41)42)40-18-10-4-5-15-31(35(40)44)39(3)36(45)46-22-30-28-13-8-6-11-26(28)27-12-7-9-14-29(27)30/h4-9,11-14,16-17,19,30-32H,10,15,18,20-22H2,1-3H3,(H,41,42)/b5-4-/t31-,32-/m0/s1. The lowest BCUT2D eigenvalue weighted by molar-refractivity contribution is -0.150. The maximum Gasteiger partial charge on any atom is 0.410 e. The van der Waals surface area contributed by atoms with Gasteiger partial charge in [0.25, 0.3) is 0 Å². The van der Waals surface area contributed by atoms with Crippen LogP contribution in [-0.2, 0) is 25.5 Å². The molecule has 0 saturated carbocycles. The van der Waals surface area contributed by atoms with Gasteiger partial charge >= 0.3 is 12.1 Å². The van der Waals surface area contributed by atoms with Gasteiger partial charge in [0, 0.05) is 33.0 Å². The molecule has 10 heteroatoms. The molecule has 0 radical (unpaired) electrons. The van der Waals surface area contributed by atoms with Crippen LogP contribution in [0.5, 0.6) is 0 Å². The molecule has 0 saturated heterocycles. The van der Waals surface area contributed by atoms with Crippen molar-refractivity contribution in [3.05, 3.63) is 107 Å². The van der Waals surface area contributed by atoms with E-state index in [1.54, 1.807) is 13.0 Å². The van der Waals surface area contributed by atoms with Gasteiger partial charge in [-0.25, -0.2) is 9.18 Å². The smallest absolute Gasteiger partial charge is 0.410 e. The number of likely N-dealkylation sites (N-methyl/N-ethyl adjacent to an activating group) is 2. The number of halogens is 1. The number of carboxylic acid groups (broad SMARTS) is 1. The first-order valence-corrected chi connectivity index (χ1v) is 15.3. The van der Waals surface area contributed by atoms with Crippen molar-refractivity contribution in [2.45, 2.75) is 44.2 Å². The normalized spacial score (nSPS) is 17.3. The van der Waals surface area contributed by atoms with Crippen LogP contribution in [0.1, 0.15) is 41.0 Å². The van der Waals surface area contributed by atoms with Crippen molar-refractivity contribution in [3.63, 3.8) is 0 Å². The Morgan fingerprint density at radius 3 is 2.28 bits per heavy atom. The third kappa shape index (κ3) is 6.80. The van der Waals surface area contributed by atoms with Crippen LogP contribution in [-0.4, -0.2) is 89.6 Å². The number of benzene rings is 3. The molecule has 1 heterocycles. The van der Waals surface area contributed by atoms with E-state index in [1.807, 2.05) is 48.6 Å². The van der Waals surface area contributed by atoms with Gasteiger partial charge in [-0.05, 0) is 65.3 Å². The molecule has 46 heavy (non-hydrogen) atoms. The van der Waals surface area contributed by atoms with E-state index in [0.29, 0.717) is 17.5 Å². The Morgan fingerprint density at radius 2 is 1.65 bits per heavy atom. The number of amides is 3. The Bertz CT molecular complexity index is 1630. The predicted molar refractivity (Wildman–Crippen MR) is 171 cm³/mol. The van der Waals surface area contributed by atoms with Crippen LogP contribution in [0.4, 0.5) is 9.18 Å². The molecule has 240 valence electrons. The molecule has 1 aliphatic carbocycles. The molecule has 3 aromatic rings. The van der Waals surface area contributed by atoms with Crippen molar-refractivity contribution in [3.8, 4) is 11.1 Å². The number of carbonyl (C=O) groups excluding carboxylic acids is 3. The summed E-state index contributed by atoms with van der Waals surface area (Å²) in [6.45, 7) is 1.42. The van der Waals surface area contributed by atoms with Crippen LogP contribution in [0.15, 0.2) is 78.9 Å². The summed E-state index contributed by atoms with van der Waals surface area (Å²) in [6.07, 6.45) is 3.77. The molecule has 1 aliphatic heterocycles. The molecular weight excluding hydrogens is 589 g/mol. The Balaban J connectivity index is 1.38. The summed E-state index contributed by atoms with van der Waals surface area (Å²) in [5.41, 5.74) is 5.59. The highest BCUT2D eigenvalue weighted by atomic mass is 19.1. The van der Waals surface area contributed by atoms with E-state index in [0.717, 1.165) is 27.2 Å². The van der Waals surface area contributed by atoms with Crippen molar-refractivity contribution in [1.82, 2.24) is 14.7 Å². The zero-order valence-corrected chi connectivity index (χ0v) is 26.2. The summed E-state index contributed by atoms with van der Waals surface area (Å²) in [7, 11) is 2.88. The lowest BCUT2D eigenvalue weighted by Gasteiger charge is -2.38. The van der Waals surface area contributed by atoms with Crippen LogP contribution < -0.4 is 0 Å². The first-order chi connectivity index (χ1) is 22.1. The molecule has 5 rings (SSSR count).